The molecule has 192 valence electrons. The third-order valence-electron chi connectivity index (χ3n) is 6.12. The summed E-state index contributed by atoms with van der Waals surface area (Å²) in [5, 5.41) is 18.6. The van der Waals surface area contributed by atoms with E-state index in [4.69, 9.17) is 5.53 Å². The summed E-state index contributed by atoms with van der Waals surface area (Å²) < 4.78 is 42.9. The quantitative estimate of drug-likeness (QED) is 0.233. The van der Waals surface area contributed by atoms with E-state index >= 15 is 0 Å². The first-order chi connectivity index (χ1) is 17.8. The van der Waals surface area contributed by atoms with Crippen molar-refractivity contribution in [1.29, 1.82) is 0 Å². The van der Waals surface area contributed by atoms with Gasteiger partial charge in [-0.2, -0.15) is 0 Å². The Hall–Kier alpha value is -4.51. The van der Waals surface area contributed by atoms with Gasteiger partial charge in [-0.05, 0) is 41.8 Å². The van der Waals surface area contributed by atoms with E-state index in [-0.39, 0.29) is 19.0 Å². The molecular weight excluding hydrogens is 489 g/mol. The van der Waals surface area contributed by atoms with Crippen molar-refractivity contribution in [2.24, 2.45) is 11.0 Å². The SMILES string of the molecule is C[C@H]1CN(c2ccncc2NCc2ccc(F)c(-c3c(F)cccc3F)n2)C[C@@H](NC(=O)O)[C@H]1N=[N+]=[N-]. The van der Waals surface area contributed by atoms with Crippen LogP contribution in [-0.4, -0.2) is 46.3 Å². The summed E-state index contributed by atoms with van der Waals surface area (Å²) >= 11 is 0. The van der Waals surface area contributed by atoms with E-state index in [1.165, 1.54) is 12.1 Å². The number of halogens is 3. The Labute approximate surface area is 209 Å². The molecule has 2 aromatic heterocycles. The molecule has 1 amide bonds. The predicted molar refractivity (Wildman–Crippen MR) is 130 cm³/mol. The topological polar surface area (TPSA) is 139 Å². The largest absolute Gasteiger partial charge is 0.465 e. The Morgan fingerprint density at radius 3 is 2.65 bits per heavy atom. The molecule has 1 fully saturated rings. The van der Waals surface area contributed by atoms with Crippen molar-refractivity contribution >= 4 is 17.5 Å². The van der Waals surface area contributed by atoms with Gasteiger partial charge in [0.25, 0.3) is 0 Å². The zero-order valence-corrected chi connectivity index (χ0v) is 19.6. The van der Waals surface area contributed by atoms with E-state index in [9.17, 15) is 23.1 Å². The number of benzene rings is 1. The Kier molecular flexibility index (Phi) is 7.63. The van der Waals surface area contributed by atoms with Gasteiger partial charge < -0.3 is 20.6 Å². The van der Waals surface area contributed by atoms with E-state index in [2.05, 4.69) is 30.6 Å². The lowest BCUT2D eigenvalue weighted by Gasteiger charge is -2.42. The average Bonchev–Trinajstić information content (AvgIpc) is 2.86. The Balaban J connectivity index is 1.57. The number of amides is 1. The second-order valence-corrected chi connectivity index (χ2v) is 8.61. The standard InChI is InChI=1S/C24H23F3N8O2/c1-13-11-35(12-19(32-24(36)37)22(13)33-34-28)20-7-8-29-10-18(20)30-9-14-5-6-17(27)23(31-14)21-15(25)3-2-4-16(21)26/h2-8,10,13,19,22,30,32H,9,11-12H2,1H3,(H,36,37)/t13-,19+,22-/m0/s1. The maximum absolute atomic E-state index is 14.4. The van der Waals surface area contributed by atoms with Gasteiger partial charge in [-0.1, -0.05) is 18.1 Å². The number of nitrogens with one attached hydrogen (secondary N) is 2. The normalized spacial score (nSPS) is 19.1. The Morgan fingerprint density at radius 2 is 1.95 bits per heavy atom. The molecule has 3 heterocycles. The zero-order valence-electron chi connectivity index (χ0n) is 19.6. The first-order valence-corrected chi connectivity index (χ1v) is 11.3. The second-order valence-electron chi connectivity index (χ2n) is 8.61. The van der Waals surface area contributed by atoms with Gasteiger partial charge in [0.2, 0.25) is 0 Å². The third-order valence-corrected chi connectivity index (χ3v) is 6.12. The number of piperidine rings is 1. The first kappa shape index (κ1) is 25.6. The van der Waals surface area contributed by atoms with Gasteiger partial charge in [-0.3, -0.25) is 4.98 Å². The van der Waals surface area contributed by atoms with Gasteiger partial charge >= 0.3 is 6.09 Å². The molecule has 0 bridgehead atoms. The fourth-order valence-electron chi connectivity index (χ4n) is 4.48. The molecular formula is C24H23F3N8O2. The second kappa shape index (κ2) is 11.0. The highest BCUT2D eigenvalue weighted by molar-refractivity contribution is 5.70. The number of rotatable bonds is 7. The summed E-state index contributed by atoms with van der Waals surface area (Å²) in [5.41, 5.74) is 9.55. The number of anilines is 2. The van der Waals surface area contributed by atoms with Crippen molar-refractivity contribution in [3.05, 3.63) is 82.4 Å². The first-order valence-electron chi connectivity index (χ1n) is 11.3. The molecule has 0 spiro atoms. The van der Waals surface area contributed by atoms with E-state index in [1.807, 2.05) is 11.8 Å². The van der Waals surface area contributed by atoms with Crippen LogP contribution in [-0.2, 0) is 6.54 Å². The molecule has 0 aliphatic carbocycles. The molecule has 10 nitrogen and oxygen atoms in total. The van der Waals surface area contributed by atoms with Crippen LogP contribution in [0.25, 0.3) is 21.7 Å². The van der Waals surface area contributed by atoms with Gasteiger partial charge in [0.15, 0.2) is 0 Å². The number of carbonyl (C=O) groups is 1. The van der Waals surface area contributed by atoms with Crippen LogP contribution >= 0.6 is 0 Å². The van der Waals surface area contributed by atoms with Crippen molar-refractivity contribution < 1.29 is 23.1 Å². The summed E-state index contributed by atoms with van der Waals surface area (Å²) in [5.74, 6) is -2.87. The van der Waals surface area contributed by atoms with Crippen LogP contribution in [0, 0.1) is 23.4 Å². The van der Waals surface area contributed by atoms with Crippen LogP contribution in [0.15, 0.2) is 53.9 Å². The molecule has 3 atom stereocenters. The van der Waals surface area contributed by atoms with E-state index < -0.39 is 46.9 Å². The molecule has 1 aliphatic rings. The summed E-state index contributed by atoms with van der Waals surface area (Å²) in [6.07, 6.45) is 1.93. The molecule has 13 heteroatoms. The van der Waals surface area contributed by atoms with Crippen LogP contribution in [0.1, 0.15) is 12.6 Å². The van der Waals surface area contributed by atoms with Gasteiger partial charge in [0.05, 0.1) is 47.5 Å². The van der Waals surface area contributed by atoms with Crippen molar-refractivity contribution in [3.8, 4) is 11.3 Å². The number of hydrogen-bond donors (Lipinski definition) is 3. The smallest absolute Gasteiger partial charge is 0.404 e. The monoisotopic (exact) mass is 512 g/mol. The van der Waals surface area contributed by atoms with Crippen LogP contribution in [0.2, 0.25) is 0 Å². The lowest BCUT2D eigenvalue weighted by Crippen LogP contribution is -2.58. The summed E-state index contributed by atoms with van der Waals surface area (Å²) in [4.78, 5) is 24.4. The highest BCUT2D eigenvalue weighted by Gasteiger charge is 2.35. The maximum Gasteiger partial charge on any atom is 0.404 e. The number of azide groups is 1. The Morgan fingerprint density at radius 1 is 1.19 bits per heavy atom. The van der Waals surface area contributed by atoms with Crippen LogP contribution in [0.5, 0.6) is 0 Å². The molecule has 4 rings (SSSR count). The van der Waals surface area contributed by atoms with Crippen molar-refractivity contribution in [3.63, 3.8) is 0 Å². The molecule has 1 aliphatic heterocycles. The van der Waals surface area contributed by atoms with Crippen LogP contribution in [0.3, 0.4) is 0 Å². The number of hydrogen-bond acceptors (Lipinski definition) is 6. The number of aromatic nitrogens is 2. The van der Waals surface area contributed by atoms with E-state index in [1.54, 1.807) is 18.5 Å². The zero-order chi connectivity index (χ0) is 26.5. The molecule has 37 heavy (non-hydrogen) atoms. The number of nitrogens with zero attached hydrogens (tertiary/aromatic N) is 6. The average molecular weight is 512 g/mol. The fourth-order valence-corrected chi connectivity index (χ4v) is 4.48. The minimum absolute atomic E-state index is 0.0869. The van der Waals surface area contributed by atoms with Crippen molar-refractivity contribution in [1.82, 2.24) is 15.3 Å². The lowest BCUT2D eigenvalue weighted by molar-refractivity contribution is 0.182. The van der Waals surface area contributed by atoms with Crippen molar-refractivity contribution in [2.75, 3.05) is 23.3 Å². The summed E-state index contributed by atoms with van der Waals surface area (Å²) in [6.45, 7) is 2.67. The van der Waals surface area contributed by atoms with E-state index in [0.717, 1.165) is 18.2 Å². The molecule has 0 saturated carbocycles. The van der Waals surface area contributed by atoms with Crippen LogP contribution in [0.4, 0.5) is 29.3 Å². The Bertz CT molecular complexity index is 1330. The third kappa shape index (κ3) is 5.67. The highest BCUT2D eigenvalue weighted by atomic mass is 19.1. The van der Waals surface area contributed by atoms with Crippen molar-refractivity contribution in [2.45, 2.75) is 25.6 Å². The highest BCUT2D eigenvalue weighted by Crippen LogP contribution is 2.31. The molecule has 0 radical (unpaired) electrons. The molecule has 1 saturated heterocycles. The van der Waals surface area contributed by atoms with Gasteiger partial charge in [-0.25, -0.2) is 22.9 Å². The van der Waals surface area contributed by atoms with E-state index in [0.29, 0.717) is 23.6 Å². The van der Waals surface area contributed by atoms with Gasteiger partial charge in [0.1, 0.15) is 23.1 Å². The minimum atomic E-state index is -1.23. The predicted octanol–water partition coefficient (Wildman–Crippen LogP) is 4.94. The number of carboxylic acid groups (broad SMARTS) is 1. The summed E-state index contributed by atoms with van der Waals surface area (Å²) in [6, 6.07) is 6.30. The molecule has 1 aromatic carbocycles. The number of pyridine rings is 2. The van der Waals surface area contributed by atoms with Gasteiger partial charge in [-0.15, -0.1) is 0 Å². The van der Waals surface area contributed by atoms with Crippen LogP contribution < -0.4 is 15.5 Å². The van der Waals surface area contributed by atoms with Gasteiger partial charge in [0, 0.05) is 24.2 Å². The lowest BCUT2D eigenvalue weighted by atomic mass is 9.90. The summed E-state index contributed by atoms with van der Waals surface area (Å²) in [7, 11) is 0. The maximum atomic E-state index is 14.4. The minimum Gasteiger partial charge on any atom is -0.465 e. The molecule has 3 N–H and O–H groups in total. The fraction of sp³-hybridized carbons (Fsp3) is 0.292. The molecule has 0 unspecified atom stereocenters. The molecule has 3 aromatic rings.